The first-order valence-corrected chi connectivity index (χ1v) is 7.74. The van der Waals surface area contributed by atoms with Gasteiger partial charge < -0.3 is 0 Å². The van der Waals surface area contributed by atoms with E-state index in [0.29, 0.717) is 0 Å². The summed E-state index contributed by atoms with van der Waals surface area (Å²) in [6.45, 7) is 7.25. The minimum absolute atomic E-state index is 0.988. The average Bonchev–Trinajstić information content (AvgIpc) is 2.49. The van der Waals surface area contributed by atoms with Gasteiger partial charge in [-0.15, -0.1) is 0 Å². The zero-order chi connectivity index (χ0) is 11.8. The van der Waals surface area contributed by atoms with Crippen LogP contribution in [0.15, 0.2) is 0 Å². The molecule has 16 heavy (non-hydrogen) atoms. The van der Waals surface area contributed by atoms with Crippen LogP contribution in [0.3, 0.4) is 0 Å². The molecule has 0 N–H and O–H groups in total. The van der Waals surface area contributed by atoms with Gasteiger partial charge >= 0.3 is 0 Å². The third-order valence-corrected chi connectivity index (χ3v) is 4.62. The van der Waals surface area contributed by atoms with Crippen LogP contribution in [0, 0.1) is 17.8 Å². The predicted molar refractivity (Wildman–Crippen MR) is 73.7 cm³/mol. The maximum absolute atomic E-state index is 2.51. The van der Waals surface area contributed by atoms with E-state index in [0.717, 1.165) is 17.8 Å². The molecular formula is C16H32. The first-order chi connectivity index (χ1) is 7.74. The highest BCUT2D eigenvalue weighted by Crippen LogP contribution is 2.33. The molecule has 0 amide bonds. The molecule has 1 saturated carbocycles. The molecule has 1 fully saturated rings. The molecule has 0 saturated heterocycles. The quantitative estimate of drug-likeness (QED) is 0.394. The predicted octanol–water partition coefficient (Wildman–Crippen LogP) is 5.81. The monoisotopic (exact) mass is 224 g/mol. The van der Waals surface area contributed by atoms with Crippen molar-refractivity contribution in [3.05, 3.63) is 0 Å². The second kappa shape index (κ2) is 8.14. The van der Waals surface area contributed by atoms with Crippen molar-refractivity contribution in [2.75, 3.05) is 0 Å². The van der Waals surface area contributed by atoms with Gasteiger partial charge in [0.1, 0.15) is 0 Å². The third-order valence-electron chi connectivity index (χ3n) is 4.62. The van der Waals surface area contributed by atoms with Crippen molar-refractivity contribution in [3.63, 3.8) is 0 Å². The van der Waals surface area contributed by atoms with E-state index >= 15 is 0 Å². The fourth-order valence-electron chi connectivity index (χ4n) is 3.21. The van der Waals surface area contributed by atoms with E-state index in [-0.39, 0.29) is 0 Å². The van der Waals surface area contributed by atoms with Crippen molar-refractivity contribution in [1.82, 2.24) is 0 Å². The fourth-order valence-corrected chi connectivity index (χ4v) is 3.21. The number of unbranched alkanes of at least 4 members (excludes halogenated alkanes) is 3. The van der Waals surface area contributed by atoms with Gasteiger partial charge in [0.2, 0.25) is 0 Å². The van der Waals surface area contributed by atoms with E-state index in [1.54, 1.807) is 0 Å². The van der Waals surface area contributed by atoms with Crippen LogP contribution in [0.5, 0.6) is 0 Å². The molecule has 0 bridgehead atoms. The molecule has 0 heteroatoms. The van der Waals surface area contributed by atoms with Crippen LogP contribution in [0.4, 0.5) is 0 Å². The number of rotatable bonds is 6. The van der Waals surface area contributed by atoms with E-state index in [1.165, 1.54) is 64.2 Å². The summed E-state index contributed by atoms with van der Waals surface area (Å²) in [5.41, 5.74) is 0. The van der Waals surface area contributed by atoms with Crippen molar-refractivity contribution in [2.45, 2.75) is 85.0 Å². The Balaban J connectivity index is 2.16. The summed E-state index contributed by atoms with van der Waals surface area (Å²) >= 11 is 0. The summed E-state index contributed by atoms with van der Waals surface area (Å²) < 4.78 is 0. The zero-order valence-corrected chi connectivity index (χ0v) is 11.8. The highest BCUT2D eigenvalue weighted by atomic mass is 14.3. The lowest BCUT2D eigenvalue weighted by atomic mass is 9.84. The minimum Gasteiger partial charge on any atom is -0.0654 e. The molecule has 0 spiro atoms. The lowest BCUT2D eigenvalue weighted by molar-refractivity contribution is 0.292. The van der Waals surface area contributed by atoms with Crippen LogP contribution >= 0.6 is 0 Å². The lowest BCUT2D eigenvalue weighted by Crippen LogP contribution is -2.11. The van der Waals surface area contributed by atoms with Crippen LogP contribution in [0.1, 0.15) is 85.0 Å². The van der Waals surface area contributed by atoms with Crippen LogP contribution in [0.2, 0.25) is 0 Å². The largest absolute Gasteiger partial charge is 0.0654 e. The van der Waals surface area contributed by atoms with Gasteiger partial charge in [-0.2, -0.15) is 0 Å². The van der Waals surface area contributed by atoms with Crippen molar-refractivity contribution in [3.8, 4) is 0 Å². The Kier molecular flexibility index (Phi) is 7.16. The van der Waals surface area contributed by atoms with E-state index in [1.807, 2.05) is 0 Å². The first kappa shape index (κ1) is 14.1. The molecular weight excluding hydrogens is 192 g/mol. The Bertz CT molecular complexity index is 161. The Labute approximate surface area is 103 Å². The number of hydrogen-bond acceptors (Lipinski definition) is 0. The molecule has 0 radical (unpaired) electrons. The molecule has 3 unspecified atom stereocenters. The standard InChI is InChI=1S/C16H32/c1-4-5-6-7-10-15(3)16-11-8-9-14(2)12-13-16/h14-16H,4-13H2,1-3H3. The molecule has 3 atom stereocenters. The van der Waals surface area contributed by atoms with E-state index in [4.69, 9.17) is 0 Å². The van der Waals surface area contributed by atoms with Crippen LogP contribution < -0.4 is 0 Å². The Morgan fingerprint density at radius 1 is 1.00 bits per heavy atom. The molecule has 0 aromatic heterocycles. The van der Waals surface area contributed by atoms with Crippen molar-refractivity contribution in [2.24, 2.45) is 17.8 Å². The molecule has 0 aromatic carbocycles. The summed E-state index contributed by atoms with van der Waals surface area (Å²) in [5.74, 6) is 3.03. The van der Waals surface area contributed by atoms with E-state index in [9.17, 15) is 0 Å². The summed E-state index contributed by atoms with van der Waals surface area (Å²) in [6, 6.07) is 0. The molecule has 1 rings (SSSR count). The highest BCUT2D eigenvalue weighted by molar-refractivity contribution is 4.72. The normalized spacial score (nSPS) is 28.7. The maximum Gasteiger partial charge on any atom is -0.0388 e. The van der Waals surface area contributed by atoms with E-state index < -0.39 is 0 Å². The van der Waals surface area contributed by atoms with Crippen molar-refractivity contribution < 1.29 is 0 Å². The molecule has 0 heterocycles. The Morgan fingerprint density at radius 2 is 1.81 bits per heavy atom. The van der Waals surface area contributed by atoms with Crippen molar-refractivity contribution in [1.29, 1.82) is 0 Å². The minimum atomic E-state index is 0.988. The average molecular weight is 224 g/mol. The van der Waals surface area contributed by atoms with Crippen LogP contribution in [-0.4, -0.2) is 0 Å². The second-order valence-corrected chi connectivity index (χ2v) is 6.20. The van der Waals surface area contributed by atoms with Gasteiger partial charge in [0, 0.05) is 0 Å². The molecule has 0 aliphatic heterocycles. The van der Waals surface area contributed by atoms with Crippen LogP contribution in [-0.2, 0) is 0 Å². The molecule has 1 aliphatic carbocycles. The first-order valence-electron chi connectivity index (χ1n) is 7.74. The number of hydrogen-bond donors (Lipinski definition) is 0. The summed E-state index contributed by atoms with van der Waals surface area (Å²) in [5, 5.41) is 0. The lowest BCUT2D eigenvalue weighted by Gasteiger charge is -2.22. The zero-order valence-electron chi connectivity index (χ0n) is 11.8. The molecule has 0 aromatic rings. The van der Waals surface area contributed by atoms with Gasteiger partial charge in [0.05, 0.1) is 0 Å². The summed E-state index contributed by atoms with van der Waals surface area (Å²) in [6.07, 6.45) is 14.7. The maximum atomic E-state index is 2.51. The third kappa shape index (κ3) is 5.37. The summed E-state index contributed by atoms with van der Waals surface area (Å²) in [4.78, 5) is 0. The second-order valence-electron chi connectivity index (χ2n) is 6.20. The van der Waals surface area contributed by atoms with E-state index in [2.05, 4.69) is 20.8 Å². The van der Waals surface area contributed by atoms with Gasteiger partial charge in [-0.25, -0.2) is 0 Å². The van der Waals surface area contributed by atoms with Gasteiger partial charge in [-0.1, -0.05) is 78.6 Å². The topological polar surface area (TPSA) is 0 Å². The molecule has 96 valence electrons. The van der Waals surface area contributed by atoms with Crippen LogP contribution in [0.25, 0.3) is 0 Å². The Morgan fingerprint density at radius 3 is 2.56 bits per heavy atom. The smallest absolute Gasteiger partial charge is 0.0388 e. The van der Waals surface area contributed by atoms with Crippen molar-refractivity contribution >= 4 is 0 Å². The van der Waals surface area contributed by atoms with Gasteiger partial charge in [-0.05, 0) is 24.2 Å². The fraction of sp³-hybridized carbons (Fsp3) is 1.00. The summed E-state index contributed by atoms with van der Waals surface area (Å²) in [7, 11) is 0. The highest BCUT2D eigenvalue weighted by Gasteiger charge is 2.20. The van der Waals surface area contributed by atoms with Gasteiger partial charge in [0.25, 0.3) is 0 Å². The van der Waals surface area contributed by atoms with Gasteiger partial charge in [-0.3, -0.25) is 0 Å². The molecule has 1 aliphatic rings. The molecule has 0 nitrogen and oxygen atoms in total. The SMILES string of the molecule is CCCCCCC(C)C1CCCC(C)CC1. The Hall–Kier alpha value is 0. The van der Waals surface area contributed by atoms with Gasteiger partial charge in [0.15, 0.2) is 0 Å².